The summed E-state index contributed by atoms with van der Waals surface area (Å²) in [7, 11) is 1.59. The zero-order chi connectivity index (χ0) is 30.0. The standard InChI is InChI=1S/C34H39N3O6/c1-42-26-16-14-25(15-17-26)36-21-10-18-34-29(32(40)37(30(34)33(36)41)20-7-2-3-8-22-38)28-27(43-34)13-9-19-35(31(28)39)23-24-11-5-4-6-12-24/h4-6,9-18,27-30,38H,2-3,7-8,19-23H2,1H3/t27-,28+,29+,30?,34+/m1/s1. The summed E-state index contributed by atoms with van der Waals surface area (Å²) in [4.78, 5) is 48.3. The maximum Gasteiger partial charge on any atom is 0.253 e. The van der Waals surface area contributed by atoms with Gasteiger partial charge in [0, 0.05) is 38.5 Å². The molecule has 5 atom stereocenters. The van der Waals surface area contributed by atoms with Crippen LogP contribution in [0.15, 0.2) is 78.9 Å². The number of fused-ring (bicyclic) bond motifs is 2. The van der Waals surface area contributed by atoms with Gasteiger partial charge in [0.25, 0.3) is 5.91 Å². The molecule has 0 saturated carbocycles. The molecule has 0 radical (unpaired) electrons. The quantitative estimate of drug-likeness (QED) is 0.339. The highest BCUT2D eigenvalue weighted by molar-refractivity contribution is 6.05. The molecule has 2 saturated heterocycles. The largest absolute Gasteiger partial charge is 0.497 e. The van der Waals surface area contributed by atoms with Crippen molar-refractivity contribution < 1.29 is 29.0 Å². The van der Waals surface area contributed by atoms with Crippen molar-refractivity contribution in [1.82, 2.24) is 9.80 Å². The summed E-state index contributed by atoms with van der Waals surface area (Å²) in [5.41, 5.74) is 0.450. The zero-order valence-electron chi connectivity index (χ0n) is 24.5. The summed E-state index contributed by atoms with van der Waals surface area (Å²) in [5.74, 6) is -1.43. The number of rotatable bonds is 10. The number of hydrogen-bond acceptors (Lipinski definition) is 6. The van der Waals surface area contributed by atoms with Crippen molar-refractivity contribution in [1.29, 1.82) is 0 Å². The van der Waals surface area contributed by atoms with E-state index in [1.807, 2.05) is 78.9 Å². The van der Waals surface area contributed by atoms with Gasteiger partial charge in [-0.15, -0.1) is 0 Å². The van der Waals surface area contributed by atoms with Crippen molar-refractivity contribution in [3.05, 3.63) is 84.5 Å². The van der Waals surface area contributed by atoms with Crippen molar-refractivity contribution >= 4 is 23.4 Å². The third-order valence-corrected chi connectivity index (χ3v) is 9.15. The van der Waals surface area contributed by atoms with Crippen LogP contribution in [0.1, 0.15) is 31.2 Å². The fraction of sp³-hybridized carbons (Fsp3) is 0.441. The molecule has 1 unspecified atom stereocenters. The molecular weight excluding hydrogens is 546 g/mol. The van der Waals surface area contributed by atoms with Crippen LogP contribution in [0.4, 0.5) is 5.69 Å². The predicted octanol–water partition coefficient (Wildman–Crippen LogP) is 3.33. The molecule has 1 N–H and O–H groups in total. The van der Waals surface area contributed by atoms with Crippen LogP contribution in [0.25, 0.3) is 0 Å². The number of carbonyl (C=O) groups is 3. The highest BCUT2D eigenvalue weighted by Gasteiger charge is 2.71. The lowest BCUT2D eigenvalue weighted by molar-refractivity contribution is -0.144. The van der Waals surface area contributed by atoms with Gasteiger partial charge in [0.05, 0.1) is 25.0 Å². The summed E-state index contributed by atoms with van der Waals surface area (Å²) in [6.45, 7) is 1.68. The smallest absolute Gasteiger partial charge is 0.253 e. The van der Waals surface area contributed by atoms with Gasteiger partial charge < -0.3 is 29.3 Å². The summed E-state index contributed by atoms with van der Waals surface area (Å²) in [6.07, 6.45) is 10.0. The van der Waals surface area contributed by atoms with E-state index in [1.54, 1.807) is 21.8 Å². The number of unbranched alkanes of at least 4 members (excludes halogenated alkanes) is 3. The van der Waals surface area contributed by atoms with E-state index >= 15 is 0 Å². The molecule has 2 fully saturated rings. The number of amides is 3. The Morgan fingerprint density at radius 2 is 1.67 bits per heavy atom. The first-order valence-electron chi connectivity index (χ1n) is 15.2. The SMILES string of the molecule is COc1ccc(N2CC=C[C@]34O[C@@H]5C=CCN(Cc6ccccc6)C(=O)[C@@H]5[C@H]3C(=O)N(CCCCCCO)C4C2=O)cc1. The molecule has 3 amide bonds. The third kappa shape index (κ3) is 5.25. The highest BCUT2D eigenvalue weighted by atomic mass is 16.5. The van der Waals surface area contributed by atoms with Gasteiger partial charge in [-0.05, 0) is 42.7 Å². The van der Waals surface area contributed by atoms with Gasteiger partial charge in [-0.2, -0.15) is 0 Å². The molecule has 4 aliphatic heterocycles. The second-order valence-electron chi connectivity index (χ2n) is 11.7. The van der Waals surface area contributed by atoms with Crippen LogP contribution in [0.2, 0.25) is 0 Å². The lowest BCUT2D eigenvalue weighted by atomic mass is 9.77. The second kappa shape index (κ2) is 12.3. The van der Waals surface area contributed by atoms with Gasteiger partial charge in [0.15, 0.2) is 0 Å². The number of hydrogen-bond donors (Lipinski definition) is 1. The molecule has 4 aliphatic rings. The number of likely N-dealkylation sites (tertiary alicyclic amines) is 1. The van der Waals surface area contributed by atoms with E-state index < -0.39 is 29.6 Å². The molecule has 2 aromatic carbocycles. The molecule has 4 heterocycles. The maximum absolute atomic E-state index is 14.5. The van der Waals surface area contributed by atoms with Crippen molar-refractivity contribution in [2.24, 2.45) is 11.8 Å². The lowest BCUT2D eigenvalue weighted by Gasteiger charge is -2.35. The predicted molar refractivity (Wildman–Crippen MR) is 161 cm³/mol. The average Bonchev–Trinajstić information content (AvgIpc) is 3.34. The van der Waals surface area contributed by atoms with Crippen LogP contribution in [0.3, 0.4) is 0 Å². The fourth-order valence-electron chi connectivity index (χ4n) is 7.12. The topological polar surface area (TPSA) is 99.6 Å². The number of anilines is 1. The number of aliphatic hydroxyl groups is 1. The van der Waals surface area contributed by atoms with Crippen molar-refractivity contribution in [2.45, 2.75) is 50.0 Å². The van der Waals surface area contributed by atoms with Gasteiger partial charge in [0.1, 0.15) is 17.4 Å². The van der Waals surface area contributed by atoms with Gasteiger partial charge in [-0.1, -0.05) is 67.5 Å². The van der Waals surface area contributed by atoms with Gasteiger partial charge in [-0.3, -0.25) is 14.4 Å². The van der Waals surface area contributed by atoms with E-state index in [9.17, 15) is 19.5 Å². The first kappa shape index (κ1) is 29.1. The van der Waals surface area contributed by atoms with Crippen molar-refractivity contribution in [2.75, 3.05) is 38.3 Å². The molecule has 0 aliphatic carbocycles. The first-order valence-corrected chi connectivity index (χ1v) is 15.2. The maximum atomic E-state index is 14.5. The van der Waals surface area contributed by atoms with E-state index in [-0.39, 0.29) is 24.3 Å². The Hall–Kier alpha value is -3.95. The molecule has 0 aromatic heterocycles. The van der Waals surface area contributed by atoms with Crippen LogP contribution in [-0.4, -0.2) is 83.7 Å². The number of carbonyl (C=O) groups excluding carboxylic acids is 3. The lowest BCUT2D eigenvalue weighted by Crippen LogP contribution is -2.55. The average molecular weight is 586 g/mol. The number of ether oxygens (including phenoxy) is 2. The van der Waals surface area contributed by atoms with Gasteiger partial charge in [0.2, 0.25) is 11.8 Å². The van der Waals surface area contributed by atoms with E-state index in [4.69, 9.17) is 9.47 Å². The number of methoxy groups -OCH3 is 1. The normalized spacial score (nSPS) is 28.0. The third-order valence-electron chi connectivity index (χ3n) is 9.15. The zero-order valence-corrected chi connectivity index (χ0v) is 24.5. The molecule has 9 heteroatoms. The van der Waals surface area contributed by atoms with Gasteiger partial charge in [-0.25, -0.2) is 0 Å². The Kier molecular flexibility index (Phi) is 8.36. The van der Waals surface area contributed by atoms with E-state index in [1.165, 1.54) is 0 Å². The van der Waals surface area contributed by atoms with Crippen LogP contribution in [0.5, 0.6) is 5.75 Å². The summed E-state index contributed by atoms with van der Waals surface area (Å²) < 4.78 is 12.1. The summed E-state index contributed by atoms with van der Waals surface area (Å²) in [6, 6.07) is 16.2. The van der Waals surface area contributed by atoms with Crippen LogP contribution < -0.4 is 9.64 Å². The fourth-order valence-corrected chi connectivity index (χ4v) is 7.12. The van der Waals surface area contributed by atoms with Crippen LogP contribution in [-0.2, 0) is 25.7 Å². The van der Waals surface area contributed by atoms with E-state index in [0.717, 1.165) is 18.4 Å². The minimum absolute atomic E-state index is 0.128. The Morgan fingerprint density at radius 3 is 2.42 bits per heavy atom. The Balaban J connectivity index is 1.35. The van der Waals surface area contributed by atoms with Crippen molar-refractivity contribution in [3.8, 4) is 5.75 Å². The summed E-state index contributed by atoms with van der Waals surface area (Å²) >= 11 is 0. The van der Waals surface area contributed by atoms with Crippen LogP contribution >= 0.6 is 0 Å². The molecule has 1 spiro atoms. The molecule has 226 valence electrons. The van der Waals surface area contributed by atoms with Gasteiger partial charge >= 0.3 is 0 Å². The monoisotopic (exact) mass is 585 g/mol. The molecule has 2 aromatic rings. The number of nitrogens with zero attached hydrogens (tertiary/aromatic N) is 3. The molecule has 43 heavy (non-hydrogen) atoms. The Morgan fingerprint density at radius 1 is 0.907 bits per heavy atom. The van der Waals surface area contributed by atoms with E-state index in [2.05, 4.69) is 0 Å². The Bertz CT molecular complexity index is 1390. The first-order chi connectivity index (χ1) is 21.0. The minimum Gasteiger partial charge on any atom is -0.497 e. The van der Waals surface area contributed by atoms with E-state index in [0.29, 0.717) is 50.5 Å². The minimum atomic E-state index is -1.26. The molecular formula is C34H39N3O6. The molecule has 6 rings (SSSR count). The summed E-state index contributed by atoms with van der Waals surface area (Å²) in [5, 5.41) is 9.20. The second-order valence-corrected chi connectivity index (χ2v) is 11.7. The highest BCUT2D eigenvalue weighted by Crippen LogP contribution is 2.53. The van der Waals surface area contributed by atoms with Crippen LogP contribution in [0, 0.1) is 11.8 Å². The Labute approximate surface area is 252 Å². The molecule has 0 bridgehead atoms. The molecule has 9 nitrogen and oxygen atoms in total. The van der Waals surface area contributed by atoms with Crippen molar-refractivity contribution in [3.63, 3.8) is 0 Å². The number of aliphatic hydroxyl groups excluding tert-OH is 1. The number of benzene rings is 2.